The minimum absolute atomic E-state index is 0.0806. The lowest BCUT2D eigenvalue weighted by Crippen LogP contribution is -2.49. The fourth-order valence-corrected chi connectivity index (χ4v) is 3.09. The quantitative estimate of drug-likeness (QED) is 0.798. The predicted molar refractivity (Wildman–Crippen MR) is 97.8 cm³/mol. The highest BCUT2D eigenvalue weighted by molar-refractivity contribution is 6.42. The number of piperazine rings is 1. The Labute approximate surface area is 153 Å². The van der Waals surface area contributed by atoms with Crippen LogP contribution in [0.3, 0.4) is 0 Å². The lowest BCUT2D eigenvalue weighted by Gasteiger charge is -2.34. The van der Waals surface area contributed by atoms with Crippen LogP contribution in [0.2, 0.25) is 10.0 Å². The third kappa shape index (κ3) is 4.85. The predicted octanol–water partition coefficient (Wildman–Crippen LogP) is 2.90. The molecule has 1 aromatic rings. The van der Waals surface area contributed by atoms with E-state index in [1.54, 1.807) is 23.1 Å². The molecule has 1 aromatic carbocycles. The molecule has 2 amide bonds. The summed E-state index contributed by atoms with van der Waals surface area (Å²) in [6, 6.07) is 5.04. The average molecular weight is 372 g/mol. The van der Waals surface area contributed by atoms with E-state index in [9.17, 15) is 9.59 Å². The molecule has 0 N–H and O–H groups in total. The number of carbonyl (C=O) groups excluding carboxylic acids is 2. The molecule has 1 heterocycles. The highest BCUT2D eigenvalue weighted by Gasteiger charge is 2.21. The van der Waals surface area contributed by atoms with E-state index in [0.29, 0.717) is 28.7 Å². The Bertz CT molecular complexity index is 601. The molecule has 0 spiro atoms. The Morgan fingerprint density at radius 3 is 2.33 bits per heavy atom. The Morgan fingerprint density at radius 2 is 1.79 bits per heavy atom. The number of halogens is 2. The number of hydrogen-bond acceptors (Lipinski definition) is 3. The summed E-state index contributed by atoms with van der Waals surface area (Å²) in [4.78, 5) is 30.1. The van der Waals surface area contributed by atoms with E-state index in [1.807, 2.05) is 4.90 Å². The molecule has 0 saturated carbocycles. The van der Waals surface area contributed by atoms with E-state index in [0.717, 1.165) is 32.7 Å². The molecule has 132 valence electrons. The molecule has 1 fully saturated rings. The lowest BCUT2D eigenvalue weighted by molar-refractivity contribution is -0.132. The average Bonchev–Trinajstić information content (AvgIpc) is 2.57. The summed E-state index contributed by atoms with van der Waals surface area (Å²) in [6.07, 6.45) is 0.298. The van der Waals surface area contributed by atoms with Crippen molar-refractivity contribution in [3.8, 4) is 0 Å². The van der Waals surface area contributed by atoms with E-state index < -0.39 is 0 Å². The zero-order chi connectivity index (χ0) is 17.7. The highest BCUT2D eigenvalue weighted by atomic mass is 35.5. The van der Waals surface area contributed by atoms with Crippen molar-refractivity contribution in [3.63, 3.8) is 0 Å². The van der Waals surface area contributed by atoms with Gasteiger partial charge in [0.15, 0.2) is 0 Å². The van der Waals surface area contributed by atoms with Gasteiger partial charge in [0.05, 0.1) is 10.0 Å². The molecule has 5 nitrogen and oxygen atoms in total. The van der Waals surface area contributed by atoms with Gasteiger partial charge in [0.2, 0.25) is 11.8 Å². The van der Waals surface area contributed by atoms with Gasteiger partial charge in [0.1, 0.15) is 0 Å². The van der Waals surface area contributed by atoms with Crippen LogP contribution in [0, 0.1) is 0 Å². The molecule has 0 aromatic heterocycles. The summed E-state index contributed by atoms with van der Waals surface area (Å²) in [5, 5.41) is 0.830. The van der Waals surface area contributed by atoms with Crippen molar-refractivity contribution in [1.82, 2.24) is 9.80 Å². The summed E-state index contributed by atoms with van der Waals surface area (Å²) in [5.74, 6) is -0.0472. The second kappa shape index (κ2) is 8.70. The first-order valence-corrected chi connectivity index (χ1v) is 8.91. The van der Waals surface area contributed by atoms with E-state index in [4.69, 9.17) is 23.2 Å². The molecule has 2 rings (SSSR count). The van der Waals surface area contributed by atoms with Crippen LogP contribution in [0.4, 0.5) is 5.69 Å². The first kappa shape index (κ1) is 19.0. The standard InChI is InChI=1S/C17H23Cl2N3O2/c1-3-20-8-10-21(11-9-20)17(24)6-7-22(13(2)23)14-4-5-15(18)16(19)12-14/h4-5,12H,3,6-11H2,1-2H3. The first-order chi connectivity index (χ1) is 11.4. The topological polar surface area (TPSA) is 43.9 Å². The van der Waals surface area contributed by atoms with E-state index in [-0.39, 0.29) is 11.8 Å². The van der Waals surface area contributed by atoms with E-state index >= 15 is 0 Å². The molecule has 24 heavy (non-hydrogen) atoms. The maximum atomic E-state index is 12.4. The lowest BCUT2D eigenvalue weighted by atomic mass is 10.2. The summed E-state index contributed by atoms with van der Waals surface area (Å²) in [7, 11) is 0. The van der Waals surface area contributed by atoms with Crippen LogP contribution in [0.1, 0.15) is 20.3 Å². The largest absolute Gasteiger partial charge is 0.340 e. The minimum atomic E-state index is -0.128. The van der Waals surface area contributed by atoms with Crippen molar-refractivity contribution in [2.24, 2.45) is 0 Å². The number of hydrogen-bond donors (Lipinski definition) is 0. The van der Waals surface area contributed by atoms with Gasteiger partial charge in [-0.25, -0.2) is 0 Å². The molecule has 0 bridgehead atoms. The molecular formula is C17H23Cl2N3O2. The molecular weight excluding hydrogens is 349 g/mol. The second-order valence-electron chi connectivity index (χ2n) is 5.83. The molecule has 1 aliphatic heterocycles. The maximum absolute atomic E-state index is 12.4. The van der Waals surface area contributed by atoms with Gasteiger partial charge in [0, 0.05) is 51.8 Å². The van der Waals surface area contributed by atoms with Gasteiger partial charge in [0.25, 0.3) is 0 Å². The van der Waals surface area contributed by atoms with Crippen molar-refractivity contribution in [3.05, 3.63) is 28.2 Å². The summed E-state index contributed by atoms with van der Waals surface area (Å²) in [5.41, 5.74) is 0.653. The van der Waals surface area contributed by atoms with Crippen molar-refractivity contribution in [2.75, 3.05) is 44.2 Å². The van der Waals surface area contributed by atoms with Gasteiger partial charge < -0.3 is 14.7 Å². The molecule has 0 atom stereocenters. The summed E-state index contributed by atoms with van der Waals surface area (Å²) < 4.78 is 0. The molecule has 1 aliphatic rings. The number of likely N-dealkylation sites (N-methyl/N-ethyl adjacent to an activating group) is 1. The van der Waals surface area contributed by atoms with E-state index in [1.165, 1.54) is 6.92 Å². The minimum Gasteiger partial charge on any atom is -0.340 e. The van der Waals surface area contributed by atoms with Crippen LogP contribution in [-0.4, -0.2) is 60.9 Å². The number of benzene rings is 1. The smallest absolute Gasteiger partial charge is 0.224 e. The molecule has 0 unspecified atom stereocenters. The maximum Gasteiger partial charge on any atom is 0.224 e. The van der Waals surface area contributed by atoms with Crippen molar-refractivity contribution in [1.29, 1.82) is 0 Å². The van der Waals surface area contributed by atoms with Crippen LogP contribution in [0.5, 0.6) is 0 Å². The number of nitrogens with zero attached hydrogens (tertiary/aromatic N) is 3. The first-order valence-electron chi connectivity index (χ1n) is 8.15. The Hall–Kier alpha value is -1.30. The fourth-order valence-electron chi connectivity index (χ4n) is 2.80. The molecule has 1 saturated heterocycles. The fraction of sp³-hybridized carbons (Fsp3) is 0.529. The molecule has 7 heteroatoms. The zero-order valence-electron chi connectivity index (χ0n) is 14.1. The van der Waals surface area contributed by atoms with Gasteiger partial charge in [-0.15, -0.1) is 0 Å². The Kier molecular flexibility index (Phi) is 6.90. The Balaban J connectivity index is 1.95. The third-order valence-corrected chi connectivity index (χ3v) is 5.06. The van der Waals surface area contributed by atoms with Crippen LogP contribution in [-0.2, 0) is 9.59 Å². The van der Waals surface area contributed by atoms with Crippen LogP contribution < -0.4 is 4.90 Å². The van der Waals surface area contributed by atoms with Crippen molar-refractivity contribution in [2.45, 2.75) is 20.3 Å². The number of anilines is 1. The summed E-state index contributed by atoms with van der Waals surface area (Å²) in [6.45, 7) is 8.26. The number of rotatable bonds is 5. The molecule has 0 aliphatic carbocycles. The van der Waals surface area contributed by atoms with Crippen LogP contribution >= 0.6 is 23.2 Å². The van der Waals surface area contributed by atoms with Crippen molar-refractivity contribution >= 4 is 40.7 Å². The van der Waals surface area contributed by atoms with Crippen LogP contribution in [0.15, 0.2) is 18.2 Å². The number of carbonyl (C=O) groups is 2. The van der Waals surface area contributed by atoms with Gasteiger partial charge in [-0.2, -0.15) is 0 Å². The third-order valence-electron chi connectivity index (χ3n) is 4.32. The normalized spacial score (nSPS) is 15.4. The van der Waals surface area contributed by atoms with Gasteiger partial charge in [-0.05, 0) is 24.7 Å². The zero-order valence-corrected chi connectivity index (χ0v) is 15.6. The van der Waals surface area contributed by atoms with E-state index in [2.05, 4.69) is 11.8 Å². The highest BCUT2D eigenvalue weighted by Crippen LogP contribution is 2.27. The van der Waals surface area contributed by atoms with Gasteiger partial charge in [-0.1, -0.05) is 30.1 Å². The number of amides is 2. The Morgan fingerprint density at radius 1 is 1.12 bits per heavy atom. The van der Waals surface area contributed by atoms with Gasteiger partial charge >= 0.3 is 0 Å². The van der Waals surface area contributed by atoms with Gasteiger partial charge in [-0.3, -0.25) is 9.59 Å². The molecule has 0 radical (unpaired) electrons. The van der Waals surface area contributed by atoms with Crippen LogP contribution in [0.25, 0.3) is 0 Å². The monoisotopic (exact) mass is 371 g/mol. The SMILES string of the molecule is CCN1CCN(C(=O)CCN(C(C)=O)c2ccc(Cl)c(Cl)c2)CC1. The second-order valence-corrected chi connectivity index (χ2v) is 6.65. The van der Waals surface area contributed by atoms with Crippen molar-refractivity contribution < 1.29 is 9.59 Å². The summed E-state index contributed by atoms with van der Waals surface area (Å²) >= 11 is 11.9.